The number of hydrogen-bond donors (Lipinski definition) is 1. The maximum absolute atomic E-state index is 5.83. The van der Waals surface area contributed by atoms with Crippen LogP contribution in [0.5, 0.6) is 0 Å². The normalized spacial score (nSPS) is 22.7. The second kappa shape index (κ2) is 4.43. The molecule has 1 aliphatic rings. The van der Waals surface area contributed by atoms with Gasteiger partial charge in [0.05, 0.1) is 6.54 Å². The Morgan fingerprint density at radius 2 is 2.17 bits per heavy atom. The zero-order chi connectivity index (χ0) is 12.6. The number of nitrogens with one attached hydrogen (secondary N) is 1. The molecule has 1 saturated carbocycles. The highest BCUT2D eigenvalue weighted by Crippen LogP contribution is 2.37. The van der Waals surface area contributed by atoms with Crippen LogP contribution in [0.25, 0.3) is 11.0 Å². The lowest BCUT2D eigenvalue weighted by Crippen LogP contribution is -2.37. The smallest absolute Gasteiger partial charge is 0.134 e. The summed E-state index contributed by atoms with van der Waals surface area (Å²) < 4.78 is 5.83. The van der Waals surface area contributed by atoms with Crippen molar-refractivity contribution in [3.8, 4) is 0 Å². The van der Waals surface area contributed by atoms with E-state index in [9.17, 15) is 0 Å². The van der Waals surface area contributed by atoms with Crippen molar-refractivity contribution < 1.29 is 4.42 Å². The molecular formula is C16H21NO. The minimum atomic E-state index is 0.423. The van der Waals surface area contributed by atoms with Gasteiger partial charge in [-0.25, -0.2) is 0 Å². The third-order valence-electron chi connectivity index (χ3n) is 4.26. The van der Waals surface area contributed by atoms with Gasteiger partial charge in [-0.05, 0) is 30.4 Å². The first-order chi connectivity index (χ1) is 8.65. The average molecular weight is 243 g/mol. The molecule has 1 aromatic carbocycles. The molecular weight excluding hydrogens is 222 g/mol. The minimum Gasteiger partial charge on any atom is -0.460 e. The van der Waals surface area contributed by atoms with Gasteiger partial charge in [-0.3, -0.25) is 0 Å². The summed E-state index contributed by atoms with van der Waals surface area (Å²) in [5.41, 5.74) is 1.41. The van der Waals surface area contributed by atoms with Gasteiger partial charge in [0, 0.05) is 11.4 Å². The van der Waals surface area contributed by atoms with Crippen molar-refractivity contribution in [2.24, 2.45) is 5.41 Å². The lowest BCUT2D eigenvalue weighted by atomic mass is 9.87. The molecule has 1 N–H and O–H groups in total. The van der Waals surface area contributed by atoms with Gasteiger partial charge in [-0.2, -0.15) is 0 Å². The molecule has 1 aliphatic carbocycles. The summed E-state index contributed by atoms with van der Waals surface area (Å²) >= 11 is 0. The van der Waals surface area contributed by atoms with Gasteiger partial charge in [-0.1, -0.05) is 38.5 Å². The molecule has 0 spiro atoms. The molecule has 2 nitrogen and oxygen atoms in total. The highest BCUT2D eigenvalue weighted by Gasteiger charge is 2.33. The molecule has 96 valence electrons. The van der Waals surface area contributed by atoms with Crippen LogP contribution >= 0.6 is 0 Å². The molecule has 0 amide bonds. The second-order valence-corrected chi connectivity index (χ2v) is 6.06. The first-order valence-electron chi connectivity index (χ1n) is 6.86. The lowest BCUT2D eigenvalue weighted by molar-refractivity contribution is 0.277. The lowest BCUT2D eigenvalue weighted by Gasteiger charge is -2.27. The van der Waals surface area contributed by atoms with E-state index in [-0.39, 0.29) is 0 Å². The van der Waals surface area contributed by atoms with E-state index in [0.717, 1.165) is 17.9 Å². The molecule has 1 unspecified atom stereocenters. The Bertz CT molecular complexity index is 508. The van der Waals surface area contributed by atoms with Gasteiger partial charge in [0.1, 0.15) is 11.3 Å². The minimum absolute atomic E-state index is 0.423. The monoisotopic (exact) mass is 243 g/mol. The molecule has 1 fully saturated rings. The van der Waals surface area contributed by atoms with Crippen molar-refractivity contribution in [1.82, 2.24) is 5.32 Å². The fraction of sp³-hybridized carbons (Fsp3) is 0.500. The van der Waals surface area contributed by atoms with Crippen LogP contribution < -0.4 is 5.32 Å². The number of hydrogen-bond acceptors (Lipinski definition) is 2. The summed E-state index contributed by atoms with van der Waals surface area (Å²) in [6, 6.07) is 11.0. The van der Waals surface area contributed by atoms with Crippen LogP contribution in [-0.2, 0) is 6.54 Å². The molecule has 2 heteroatoms. The van der Waals surface area contributed by atoms with Gasteiger partial charge >= 0.3 is 0 Å². The van der Waals surface area contributed by atoms with E-state index in [1.54, 1.807) is 0 Å². The predicted octanol–water partition coefficient (Wildman–Crippen LogP) is 4.10. The Morgan fingerprint density at radius 1 is 1.33 bits per heavy atom. The topological polar surface area (TPSA) is 25.2 Å². The highest BCUT2D eigenvalue weighted by molar-refractivity contribution is 5.77. The summed E-state index contributed by atoms with van der Waals surface area (Å²) in [5.74, 6) is 1.04. The summed E-state index contributed by atoms with van der Waals surface area (Å²) in [7, 11) is 0. The van der Waals surface area contributed by atoms with E-state index in [0.29, 0.717) is 11.5 Å². The van der Waals surface area contributed by atoms with Crippen LogP contribution in [0.1, 0.15) is 38.9 Å². The zero-order valence-corrected chi connectivity index (χ0v) is 11.2. The predicted molar refractivity (Wildman–Crippen MR) is 74.5 cm³/mol. The highest BCUT2D eigenvalue weighted by atomic mass is 16.3. The van der Waals surface area contributed by atoms with Gasteiger partial charge in [0.15, 0.2) is 0 Å². The van der Waals surface area contributed by atoms with Crippen molar-refractivity contribution >= 4 is 11.0 Å². The Balaban J connectivity index is 1.69. The number of rotatable bonds is 3. The number of fused-ring (bicyclic) bond motifs is 1. The van der Waals surface area contributed by atoms with Gasteiger partial charge in [0.25, 0.3) is 0 Å². The third kappa shape index (κ3) is 2.17. The van der Waals surface area contributed by atoms with Crippen LogP contribution in [-0.4, -0.2) is 6.04 Å². The molecule has 3 rings (SSSR count). The van der Waals surface area contributed by atoms with Crippen molar-refractivity contribution in [3.63, 3.8) is 0 Å². The summed E-state index contributed by atoms with van der Waals surface area (Å²) in [6.45, 7) is 5.55. The SMILES string of the molecule is CC1(C)CCCC1NCc1cc2ccccc2o1. The zero-order valence-electron chi connectivity index (χ0n) is 11.2. The molecule has 1 aromatic heterocycles. The van der Waals surface area contributed by atoms with Crippen LogP contribution in [0.2, 0.25) is 0 Å². The van der Waals surface area contributed by atoms with Crippen LogP contribution in [0.4, 0.5) is 0 Å². The van der Waals surface area contributed by atoms with Crippen molar-refractivity contribution in [3.05, 3.63) is 36.1 Å². The van der Waals surface area contributed by atoms with E-state index in [1.807, 2.05) is 12.1 Å². The van der Waals surface area contributed by atoms with Gasteiger partial charge in [0.2, 0.25) is 0 Å². The van der Waals surface area contributed by atoms with Crippen LogP contribution in [0.3, 0.4) is 0 Å². The fourth-order valence-corrected chi connectivity index (χ4v) is 3.05. The maximum atomic E-state index is 5.83. The summed E-state index contributed by atoms with van der Waals surface area (Å²) in [6.07, 6.45) is 3.95. The quantitative estimate of drug-likeness (QED) is 0.878. The maximum Gasteiger partial charge on any atom is 0.134 e. The summed E-state index contributed by atoms with van der Waals surface area (Å²) in [4.78, 5) is 0. The molecule has 0 radical (unpaired) electrons. The Labute approximate surface area is 108 Å². The first kappa shape index (κ1) is 11.8. The van der Waals surface area contributed by atoms with E-state index < -0.39 is 0 Å². The Hall–Kier alpha value is -1.28. The van der Waals surface area contributed by atoms with E-state index in [2.05, 4.69) is 37.4 Å². The first-order valence-corrected chi connectivity index (χ1v) is 6.86. The molecule has 1 heterocycles. The Kier molecular flexibility index (Phi) is 2.90. The molecule has 0 aliphatic heterocycles. The molecule has 1 atom stereocenters. The van der Waals surface area contributed by atoms with Crippen LogP contribution in [0, 0.1) is 5.41 Å². The van der Waals surface area contributed by atoms with Gasteiger partial charge < -0.3 is 9.73 Å². The number of para-hydroxylation sites is 1. The van der Waals surface area contributed by atoms with Crippen molar-refractivity contribution in [2.75, 3.05) is 0 Å². The number of furan rings is 1. The molecule has 18 heavy (non-hydrogen) atoms. The van der Waals surface area contributed by atoms with Crippen molar-refractivity contribution in [2.45, 2.75) is 45.7 Å². The van der Waals surface area contributed by atoms with Crippen LogP contribution in [0.15, 0.2) is 34.7 Å². The molecule has 2 aromatic rings. The summed E-state index contributed by atoms with van der Waals surface area (Å²) in [5, 5.41) is 4.85. The van der Waals surface area contributed by atoms with Gasteiger partial charge in [-0.15, -0.1) is 0 Å². The molecule has 0 bridgehead atoms. The largest absolute Gasteiger partial charge is 0.460 e. The second-order valence-electron chi connectivity index (χ2n) is 6.06. The fourth-order valence-electron chi connectivity index (χ4n) is 3.05. The number of benzene rings is 1. The molecule has 0 saturated heterocycles. The third-order valence-corrected chi connectivity index (χ3v) is 4.26. The standard InChI is InChI=1S/C16H21NO/c1-16(2)9-5-8-15(16)17-11-13-10-12-6-3-4-7-14(12)18-13/h3-4,6-7,10,15,17H,5,8-9,11H2,1-2H3. The van der Waals surface area contributed by atoms with E-state index in [4.69, 9.17) is 4.42 Å². The van der Waals surface area contributed by atoms with E-state index in [1.165, 1.54) is 24.6 Å². The Morgan fingerprint density at radius 3 is 2.89 bits per heavy atom. The van der Waals surface area contributed by atoms with Crippen molar-refractivity contribution in [1.29, 1.82) is 0 Å². The van der Waals surface area contributed by atoms with E-state index >= 15 is 0 Å². The average Bonchev–Trinajstić information content (AvgIpc) is 2.89.